The third-order valence-corrected chi connectivity index (χ3v) is 12.0. The molecule has 6 aromatic rings. The van der Waals surface area contributed by atoms with Crippen LogP contribution in [0.3, 0.4) is 0 Å². The highest BCUT2D eigenvalue weighted by Gasteiger charge is 2.19. The van der Waals surface area contributed by atoms with E-state index < -0.39 is 21.0 Å². The minimum Gasteiger partial charge on any atom is -0.340 e. The first-order chi connectivity index (χ1) is 22.5. The second kappa shape index (κ2) is 13.4. The first kappa shape index (κ1) is 30.6. The van der Waals surface area contributed by atoms with Crippen molar-refractivity contribution in [3.63, 3.8) is 0 Å². The average molecular weight is 719 g/mol. The molecule has 5 aromatic carbocycles. The lowest BCUT2D eigenvalue weighted by atomic mass is 9.98. The van der Waals surface area contributed by atoms with Crippen LogP contribution >= 0.6 is 21.0 Å². The predicted molar refractivity (Wildman–Crippen MR) is 206 cm³/mol. The summed E-state index contributed by atoms with van der Waals surface area (Å²) < 4.78 is 20.6. The highest BCUT2D eigenvalue weighted by atomic mass is 127. The summed E-state index contributed by atoms with van der Waals surface area (Å²) in [5.41, 5.74) is 6.09. The van der Waals surface area contributed by atoms with Gasteiger partial charge >= 0.3 is 0 Å². The first-order valence-corrected chi connectivity index (χ1v) is 18.5. The van der Waals surface area contributed by atoms with E-state index >= 15 is 0 Å². The maximum atomic E-state index is 14.1. The van der Waals surface area contributed by atoms with Gasteiger partial charge in [-0.3, -0.25) is 0 Å². The quantitative estimate of drug-likeness (QED) is 0.0778. The van der Waals surface area contributed by atoms with Gasteiger partial charge < -0.3 is 7.68 Å². The summed E-state index contributed by atoms with van der Waals surface area (Å²) in [5.74, 6) is 0.394. The molecule has 1 aromatic heterocycles. The van der Waals surface area contributed by atoms with Crippen LogP contribution in [0.1, 0.15) is 51.2 Å². The zero-order valence-corrected chi connectivity index (χ0v) is 29.0. The minimum absolute atomic E-state index is 0.217. The molecule has 4 heteroatoms. The van der Waals surface area contributed by atoms with E-state index in [1.165, 1.54) is 65.4 Å². The number of aromatic nitrogens is 1. The van der Waals surface area contributed by atoms with Crippen molar-refractivity contribution < 1.29 is 4.39 Å². The van der Waals surface area contributed by atoms with Gasteiger partial charge in [0.05, 0.1) is 5.69 Å². The third kappa shape index (κ3) is 5.95. The number of unbranched alkanes of at least 4 members (excludes halogenated alkanes) is 1. The minimum atomic E-state index is -0.394. The predicted octanol–water partition coefficient (Wildman–Crippen LogP) is 11.0. The van der Waals surface area contributed by atoms with Crippen LogP contribution in [0.2, 0.25) is 0 Å². The van der Waals surface area contributed by atoms with Gasteiger partial charge in [-0.1, -0.05) is 112 Å². The molecule has 0 amide bonds. The maximum absolute atomic E-state index is 14.1. The molecule has 0 N–H and O–H groups in total. The van der Waals surface area contributed by atoms with Crippen LogP contribution in [0.25, 0.3) is 44.1 Å². The zero-order valence-electron chi connectivity index (χ0n) is 26.8. The van der Waals surface area contributed by atoms with E-state index in [0.717, 1.165) is 30.6 Å². The van der Waals surface area contributed by atoms with E-state index in [0.29, 0.717) is 5.92 Å². The summed E-state index contributed by atoms with van der Waals surface area (Å²) in [4.78, 5) is 0. The van der Waals surface area contributed by atoms with Crippen molar-refractivity contribution in [3.05, 3.63) is 138 Å². The monoisotopic (exact) mass is 718 g/mol. The van der Waals surface area contributed by atoms with E-state index in [-0.39, 0.29) is 5.82 Å². The molecule has 0 saturated heterocycles. The molecule has 0 fully saturated rings. The molecule has 1 aliphatic heterocycles. The summed E-state index contributed by atoms with van der Waals surface area (Å²) in [6.45, 7) is 8.89. The Morgan fingerprint density at radius 1 is 0.826 bits per heavy atom. The Labute approximate surface area is 281 Å². The number of hydrogen-bond donors (Lipinski definition) is 0. The number of allylic oxidation sites excluding steroid dienone is 4. The van der Waals surface area contributed by atoms with Crippen molar-refractivity contribution in [1.29, 1.82) is 0 Å². The molecule has 1 aliphatic rings. The average Bonchev–Trinajstić information content (AvgIpc) is 3.38. The van der Waals surface area contributed by atoms with Crippen molar-refractivity contribution in [1.82, 2.24) is 4.57 Å². The Balaban J connectivity index is 1.38. The van der Waals surface area contributed by atoms with E-state index in [1.807, 2.05) is 12.1 Å². The smallest absolute Gasteiger partial charge is 0.123 e. The van der Waals surface area contributed by atoms with Gasteiger partial charge in [0, 0.05) is 64.6 Å². The van der Waals surface area contributed by atoms with Crippen molar-refractivity contribution in [2.24, 2.45) is 5.92 Å². The maximum Gasteiger partial charge on any atom is 0.123 e. The van der Waals surface area contributed by atoms with Gasteiger partial charge in [0.15, 0.2) is 0 Å². The van der Waals surface area contributed by atoms with Crippen LogP contribution in [-0.2, 0) is 6.54 Å². The van der Waals surface area contributed by atoms with Crippen molar-refractivity contribution in [2.45, 2.75) is 46.6 Å². The molecule has 232 valence electrons. The third-order valence-electron chi connectivity index (χ3n) is 8.98. The molecule has 7 rings (SSSR count). The second-order valence-electron chi connectivity index (χ2n) is 12.6. The van der Waals surface area contributed by atoms with Crippen LogP contribution in [0.5, 0.6) is 0 Å². The van der Waals surface area contributed by atoms with Gasteiger partial charge in [-0.15, -0.1) is 0 Å². The van der Waals surface area contributed by atoms with Gasteiger partial charge in [0.1, 0.15) is 5.82 Å². The van der Waals surface area contributed by atoms with Crippen LogP contribution in [0.4, 0.5) is 10.1 Å². The molecule has 0 unspecified atom stereocenters. The van der Waals surface area contributed by atoms with Crippen molar-refractivity contribution >= 4 is 74.3 Å². The fraction of sp³-hybridized carbons (Fsp3) is 0.214. The van der Waals surface area contributed by atoms with Crippen molar-refractivity contribution in [2.75, 3.05) is 9.66 Å². The number of halogens is 2. The summed E-state index contributed by atoms with van der Waals surface area (Å²) in [7, 11) is 0. The molecule has 2 heterocycles. The lowest BCUT2D eigenvalue weighted by Crippen LogP contribution is -2.18. The van der Waals surface area contributed by atoms with Gasteiger partial charge in [-0.05, 0) is 82.6 Å². The van der Waals surface area contributed by atoms with E-state index in [9.17, 15) is 4.39 Å². The summed E-state index contributed by atoms with van der Waals surface area (Å²) in [6.07, 6.45) is 12.6. The highest BCUT2D eigenvalue weighted by Crippen LogP contribution is 2.40. The van der Waals surface area contributed by atoms with Gasteiger partial charge in [0.25, 0.3) is 0 Å². The lowest BCUT2D eigenvalue weighted by Gasteiger charge is -2.27. The molecule has 0 spiro atoms. The molecule has 0 radical (unpaired) electrons. The topological polar surface area (TPSA) is 8.17 Å². The number of nitrogens with zero attached hydrogens (tertiary/aromatic N) is 2. The summed E-state index contributed by atoms with van der Waals surface area (Å²) >= 11 is -0.394. The second-order valence-corrected chi connectivity index (χ2v) is 15.4. The summed E-state index contributed by atoms with van der Waals surface area (Å²) in [5, 5.41) is 7.75. The standard InChI is InChI=1S/C42H40FIN2/c1-4-5-27-46-40-17-9-13-32-10-6-14-35(41(32)40)37(44-46)24-20-31(30-18-22-34(43)23-19-30)21-25-38-36-15-7-11-33-12-8-16-39(42(33)36)45(38)28-26-29(2)3/h6-25,29H,4-5,26-28H2,1-3H3/b24-20+,31-21-,38-25+. The summed E-state index contributed by atoms with van der Waals surface area (Å²) in [6, 6.07) is 33.6. The molecule has 46 heavy (non-hydrogen) atoms. The Morgan fingerprint density at radius 3 is 2.30 bits per heavy atom. The van der Waals surface area contributed by atoms with Crippen LogP contribution in [0, 0.1) is 11.7 Å². The normalized spacial score (nSPS) is 14.3. The molecular weight excluding hydrogens is 678 g/mol. The van der Waals surface area contributed by atoms with E-state index in [4.69, 9.17) is 0 Å². The largest absolute Gasteiger partial charge is 0.340 e. The van der Waals surface area contributed by atoms with Crippen LogP contribution in [-0.4, -0.2) is 14.6 Å². The Hall–Kier alpha value is -4.03. The highest BCUT2D eigenvalue weighted by molar-refractivity contribution is 14.2. The Bertz CT molecular complexity index is 2170. The van der Waals surface area contributed by atoms with E-state index in [1.54, 1.807) is 12.1 Å². The fourth-order valence-corrected chi connectivity index (χ4v) is 9.49. The number of aryl methyl sites for hydroxylation is 1. The zero-order chi connectivity index (χ0) is 31.6. The fourth-order valence-electron chi connectivity index (χ4n) is 6.57. The molecule has 0 bridgehead atoms. The molecule has 0 saturated carbocycles. The van der Waals surface area contributed by atoms with Gasteiger partial charge in [0.2, 0.25) is 0 Å². The molecule has 2 nitrogen and oxygen atoms in total. The Kier molecular flexibility index (Phi) is 8.90. The number of anilines is 1. The SMILES string of the molecule is CCCCN1I=C(/C=C/C(=C/C=c2\c3cccc4cccc(c43)n2CCC(C)C)c2ccc(F)cc2)c2cccc3cccc1c23. The van der Waals surface area contributed by atoms with Gasteiger partial charge in [-0.25, -0.2) is 4.39 Å². The number of hydrogen-bond acceptors (Lipinski definition) is 1. The van der Waals surface area contributed by atoms with Crippen LogP contribution < -0.4 is 8.46 Å². The van der Waals surface area contributed by atoms with Gasteiger partial charge in [-0.2, -0.15) is 0 Å². The van der Waals surface area contributed by atoms with E-state index in [2.05, 4.69) is 126 Å². The lowest BCUT2D eigenvalue weighted by molar-refractivity contribution is 0.520. The number of rotatable bonds is 10. The number of benzene rings is 5. The molecule has 0 aliphatic carbocycles. The Morgan fingerprint density at radius 2 is 1.54 bits per heavy atom. The van der Waals surface area contributed by atoms with Crippen molar-refractivity contribution in [3.8, 4) is 0 Å². The first-order valence-electron chi connectivity index (χ1n) is 16.5. The molecule has 0 atom stereocenters. The molecular formula is C42H40FIN2. The van der Waals surface area contributed by atoms with Crippen LogP contribution in [0.15, 0.2) is 115 Å².